The van der Waals surface area contributed by atoms with E-state index in [1.54, 1.807) is 6.92 Å². The molecule has 0 bridgehead atoms. The Morgan fingerprint density at radius 1 is 1.15 bits per heavy atom. The molecule has 26 heavy (non-hydrogen) atoms. The van der Waals surface area contributed by atoms with Gasteiger partial charge in [-0.15, -0.1) is 0 Å². The van der Waals surface area contributed by atoms with E-state index in [0.29, 0.717) is 6.61 Å². The molecule has 3 rings (SSSR count). The zero-order chi connectivity index (χ0) is 18.9. The van der Waals surface area contributed by atoms with Crippen LogP contribution in [0, 0.1) is 0 Å². The summed E-state index contributed by atoms with van der Waals surface area (Å²) in [5.74, 6) is -0.760. The number of benzene rings is 1. The average molecular weight is 386 g/mol. The minimum Gasteiger partial charge on any atom is -0.368 e. The van der Waals surface area contributed by atoms with Crippen molar-refractivity contribution < 1.29 is 32.6 Å². The van der Waals surface area contributed by atoms with Gasteiger partial charge in [0, 0.05) is 14.2 Å². The summed E-state index contributed by atoms with van der Waals surface area (Å²) in [6.45, 7) is 5.81. The van der Waals surface area contributed by atoms with E-state index in [4.69, 9.17) is 28.0 Å². The summed E-state index contributed by atoms with van der Waals surface area (Å²) in [5, 5.41) is 0. The lowest BCUT2D eigenvalue weighted by molar-refractivity contribution is -0.219. The highest BCUT2D eigenvalue weighted by Crippen LogP contribution is 2.56. The monoisotopic (exact) mass is 386 g/mol. The van der Waals surface area contributed by atoms with Gasteiger partial charge in [0.05, 0.1) is 12.3 Å². The summed E-state index contributed by atoms with van der Waals surface area (Å²) < 4.78 is 47.1. The molecule has 5 atom stereocenters. The number of fused-ring (bicyclic) bond motifs is 1. The fourth-order valence-corrected chi connectivity index (χ4v) is 4.85. The Bertz CT molecular complexity index is 642. The highest BCUT2D eigenvalue weighted by Gasteiger charge is 2.59. The topological polar surface area (TPSA) is 72.5 Å². The highest BCUT2D eigenvalue weighted by molar-refractivity contribution is 7.54. The van der Waals surface area contributed by atoms with E-state index < -0.39 is 43.6 Å². The Balaban J connectivity index is 1.80. The fourth-order valence-electron chi connectivity index (χ4n) is 3.44. The molecule has 0 saturated carbocycles. The van der Waals surface area contributed by atoms with Crippen LogP contribution in [-0.2, 0) is 39.2 Å². The van der Waals surface area contributed by atoms with Gasteiger partial charge in [-0.2, -0.15) is 0 Å². The molecule has 8 heteroatoms. The first kappa shape index (κ1) is 20.0. The zero-order valence-corrected chi connectivity index (χ0v) is 16.7. The van der Waals surface area contributed by atoms with E-state index in [-0.39, 0.29) is 0 Å². The van der Waals surface area contributed by atoms with Crippen LogP contribution in [0.1, 0.15) is 26.3 Å². The molecule has 2 saturated heterocycles. The number of hydrogen-bond donors (Lipinski definition) is 0. The molecule has 2 heterocycles. The second-order valence-corrected chi connectivity index (χ2v) is 9.60. The Labute approximate surface area is 154 Å². The van der Waals surface area contributed by atoms with Crippen molar-refractivity contribution in [3.05, 3.63) is 35.9 Å². The van der Waals surface area contributed by atoms with Crippen LogP contribution in [0.4, 0.5) is 0 Å². The molecule has 0 spiro atoms. The lowest BCUT2D eigenvalue weighted by Gasteiger charge is -2.31. The van der Waals surface area contributed by atoms with E-state index in [9.17, 15) is 4.57 Å². The molecule has 0 N–H and O–H groups in total. The Morgan fingerprint density at radius 3 is 2.42 bits per heavy atom. The van der Waals surface area contributed by atoms with Gasteiger partial charge in [0.1, 0.15) is 18.3 Å². The van der Waals surface area contributed by atoms with Crippen LogP contribution in [0.3, 0.4) is 0 Å². The summed E-state index contributed by atoms with van der Waals surface area (Å²) in [5.41, 5.74) is 0.487. The van der Waals surface area contributed by atoms with Gasteiger partial charge in [0.25, 0.3) is 0 Å². The molecule has 2 aliphatic rings. The van der Waals surface area contributed by atoms with Crippen LogP contribution in [0.2, 0.25) is 0 Å². The number of rotatable bonds is 7. The highest BCUT2D eigenvalue weighted by atomic mass is 31.2. The molecule has 2 aliphatic heterocycles. The lowest BCUT2D eigenvalue weighted by atomic mass is 10.1. The predicted octanol–water partition coefficient (Wildman–Crippen LogP) is 3.32. The summed E-state index contributed by atoms with van der Waals surface area (Å²) in [6, 6.07) is 9.82. The molecule has 146 valence electrons. The van der Waals surface area contributed by atoms with Crippen LogP contribution in [-0.4, -0.2) is 50.3 Å². The minimum atomic E-state index is -3.34. The van der Waals surface area contributed by atoms with Gasteiger partial charge >= 0.3 is 7.60 Å². The number of ether oxygens (including phenoxy) is 4. The maximum absolute atomic E-state index is 12.8. The molecule has 0 aromatic heterocycles. The SMILES string of the molecule is COP(=O)(OC)[C@@H](C)[C@H]1O[C@@H]2OC(C)(C)O[C@@H]2[C@H]1OCc1ccccc1. The van der Waals surface area contributed by atoms with Crippen LogP contribution in [0.15, 0.2) is 30.3 Å². The second kappa shape index (κ2) is 7.68. The summed E-state index contributed by atoms with van der Waals surface area (Å²) >= 11 is 0. The smallest absolute Gasteiger partial charge is 0.335 e. The van der Waals surface area contributed by atoms with E-state index >= 15 is 0 Å². The third-order valence-corrected chi connectivity index (χ3v) is 7.10. The van der Waals surface area contributed by atoms with Crippen molar-refractivity contribution in [2.24, 2.45) is 0 Å². The van der Waals surface area contributed by atoms with Crippen molar-refractivity contribution in [2.75, 3.05) is 14.2 Å². The zero-order valence-electron chi connectivity index (χ0n) is 15.8. The molecule has 0 radical (unpaired) electrons. The van der Waals surface area contributed by atoms with Gasteiger partial charge in [-0.3, -0.25) is 4.57 Å². The third kappa shape index (κ3) is 3.90. The molecule has 0 unspecified atom stereocenters. The predicted molar refractivity (Wildman–Crippen MR) is 94.8 cm³/mol. The largest absolute Gasteiger partial charge is 0.368 e. The van der Waals surface area contributed by atoms with E-state index in [1.807, 2.05) is 44.2 Å². The van der Waals surface area contributed by atoms with E-state index in [2.05, 4.69) is 0 Å². The van der Waals surface area contributed by atoms with Gasteiger partial charge in [0.15, 0.2) is 12.1 Å². The maximum Gasteiger partial charge on any atom is 0.335 e. The van der Waals surface area contributed by atoms with E-state index in [0.717, 1.165) is 5.56 Å². The maximum atomic E-state index is 12.8. The van der Waals surface area contributed by atoms with Gasteiger partial charge < -0.3 is 28.0 Å². The second-order valence-electron chi connectivity index (χ2n) is 6.98. The molecule has 0 amide bonds. The van der Waals surface area contributed by atoms with Gasteiger partial charge in [0.2, 0.25) is 0 Å². The van der Waals surface area contributed by atoms with Crippen LogP contribution < -0.4 is 0 Å². The first-order valence-electron chi connectivity index (χ1n) is 8.67. The van der Waals surface area contributed by atoms with Crippen molar-refractivity contribution in [3.63, 3.8) is 0 Å². The first-order valence-corrected chi connectivity index (χ1v) is 10.3. The number of hydrogen-bond acceptors (Lipinski definition) is 7. The van der Waals surface area contributed by atoms with E-state index in [1.165, 1.54) is 14.2 Å². The molecular weight excluding hydrogens is 359 g/mol. The average Bonchev–Trinajstić information content (AvgIpc) is 3.11. The summed E-state index contributed by atoms with van der Waals surface area (Å²) in [4.78, 5) is 0. The van der Waals surface area contributed by atoms with Crippen LogP contribution in [0.25, 0.3) is 0 Å². The molecular formula is C18H27O7P. The van der Waals surface area contributed by atoms with Gasteiger partial charge in [-0.25, -0.2) is 0 Å². The van der Waals surface area contributed by atoms with Crippen molar-refractivity contribution in [2.45, 2.75) is 63.4 Å². The molecule has 1 aromatic carbocycles. The van der Waals surface area contributed by atoms with Crippen molar-refractivity contribution in [3.8, 4) is 0 Å². The van der Waals surface area contributed by atoms with Crippen LogP contribution >= 0.6 is 7.60 Å². The summed E-state index contributed by atoms with van der Waals surface area (Å²) in [7, 11) is -0.607. The van der Waals surface area contributed by atoms with Crippen LogP contribution in [0.5, 0.6) is 0 Å². The van der Waals surface area contributed by atoms with Gasteiger partial charge in [-0.05, 0) is 26.3 Å². The lowest BCUT2D eigenvalue weighted by Crippen LogP contribution is -2.41. The molecule has 7 nitrogen and oxygen atoms in total. The minimum absolute atomic E-state index is 0.384. The Morgan fingerprint density at radius 2 is 1.81 bits per heavy atom. The molecule has 1 aromatic rings. The van der Waals surface area contributed by atoms with Crippen molar-refractivity contribution in [1.29, 1.82) is 0 Å². The fraction of sp³-hybridized carbons (Fsp3) is 0.667. The standard InChI is InChI=1S/C18H27O7P/c1-12(26(19,20-4)21-5)14-15(22-11-13-9-7-6-8-10-13)16-17(23-14)25-18(2,3)24-16/h6-10,12,14-17H,11H2,1-5H3/t12-,14+,15-,16+,17+/m0/s1. The quantitative estimate of drug-likeness (QED) is 0.666. The Hall–Kier alpha value is -0.790. The van der Waals surface area contributed by atoms with Gasteiger partial charge in [-0.1, -0.05) is 30.3 Å². The molecule has 0 aliphatic carbocycles. The molecule has 2 fully saturated rings. The summed E-state index contributed by atoms with van der Waals surface area (Å²) in [6.07, 6.45) is -2.00. The third-order valence-electron chi connectivity index (χ3n) is 4.80. The normalized spacial score (nSPS) is 31.7. The van der Waals surface area contributed by atoms with Crippen molar-refractivity contribution in [1.82, 2.24) is 0 Å². The first-order chi connectivity index (χ1) is 12.3. The van der Waals surface area contributed by atoms with Crippen molar-refractivity contribution >= 4 is 7.60 Å². The Kier molecular flexibility index (Phi) is 5.89.